The Morgan fingerprint density at radius 2 is 1.85 bits per heavy atom. The van der Waals surface area contributed by atoms with Crippen LogP contribution in [-0.2, 0) is 0 Å². The highest BCUT2D eigenvalue weighted by atomic mass is 35.5. The lowest BCUT2D eigenvalue weighted by molar-refractivity contribution is 1.02. The van der Waals surface area contributed by atoms with E-state index in [1.807, 2.05) is 12.1 Å². The fraction of sp³-hybridized carbons (Fsp3) is 0.333. The molecule has 2 rings (SSSR count). The summed E-state index contributed by atoms with van der Waals surface area (Å²) < 4.78 is 0. The number of halogens is 1. The number of hydrogen-bond donors (Lipinski definition) is 0. The van der Waals surface area contributed by atoms with E-state index in [9.17, 15) is 0 Å². The Hall–Kier alpha value is -0.750. The first kappa shape index (κ1) is 8.83. The topological polar surface area (TPSA) is 0 Å². The minimum Gasteiger partial charge on any atom is -0.0843 e. The van der Waals surface area contributed by atoms with Crippen molar-refractivity contribution in [2.75, 3.05) is 0 Å². The lowest BCUT2D eigenvalue weighted by Crippen LogP contribution is -1.78. The van der Waals surface area contributed by atoms with Crippen LogP contribution in [0.1, 0.15) is 25.8 Å². The molecule has 0 spiro atoms. The fourth-order valence-electron chi connectivity index (χ4n) is 1.68. The summed E-state index contributed by atoms with van der Waals surface area (Å²) in [6.07, 6.45) is 1.27. The number of rotatable bonds is 1. The van der Waals surface area contributed by atoms with Gasteiger partial charge in [-0.1, -0.05) is 36.2 Å². The predicted octanol–water partition coefficient (Wildman–Crippen LogP) is 4.15. The molecule has 1 aromatic rings. The van der Waals surface area contributed by atoms with E-state index in [4.69, 9.17) is 11.6 Å². The van der Waals surface area contributed by atoms with Crippen LogP contribution >= 0.6 is 11.6 Å². The SMILES string of the molecule is CC(=C1CC1C)c1ccc(Cl)cc1. The average molecular weight is 193 g/mol. The third-order valence-corrected chi connectivity index (χ3v) is 2.97. The van der Waals surface area contributed by atoms with E-state index in [0.29, 0.717) is 0 Å². The summed E-state index contributed by atoms with van der Waals surface area (Å²) in [6, 6.07) is 8.09. The van der Waals surface area contributed by atoms with Gasteiger partial charge in [-0.25, -0.2) is 0 Å². The largest absolute Gasteiger partial charge is 0.0843 e. The molecule has 1 unspecified atom stereocenters. The van der Waals surface area contributed by atoms with Gasteiger partial charge < -0.3 is 0 Å². The highest BCUT2D eigenvalue weighted by Crippen LogP contribution is 2.42. The Kier molecular flexibility index (Phi) is 2.17. The van der Waals surface area contributed by atoms with E-state index >= 15 is 0 Å². The van der Waals surface area contributed by atoms with Gasteiger partial charge in [-0.05, 0) is 42.5 Å². The molecule has 1 atom stereocenters. The molecule has 0 amide bonds. The van der Waals surface area contributed by atoms with Crippen LogP contribution in [0.3, 0.4) is 0 Å². The molecule has 0 nitrogen and oxygen atoms in total. The van der Waals surface area contributed by atoms with Gasteiger partial charge in [0.1, 0.15) is 0 Å². The van der Waals surface area contributed by atoms with Crippen LogP contribution in [0.15, 0.2) is 29.8 Å². The van der Waals surface area contributed by atoms with Gasteiger partial charge in [0.2, 0.25) is 0 Å². The quantitative estimate of drug-likeness (QED) is 0.627. The summed E-state index contributed by atoms with van der Waals surface area (Å²) in [5.41, 5.74) is 4.34. The second kappa shape index (κ2) is 3.19. The molecule has 0 heterocycles. The second-order valence-electron chi connectivity index (χ2n) is 3.76. The minimum atomic E-state index is 0.802. The molecule has 68 valence electrons. The lowest BCUT2D eigenvalue weighted by Gasteiger charge is -2.00. The number of hydrogen-bond acceptors (Lipinski definition) is 0. The molecule has 0 aromatic heterocycles. The highest BCUT2D eigenvalue weighted by Gasteiger charge is 2.26. The van der Waals surface area contributed by atoms with Crippen molar-refractivity contribution in [1.29, 1.82) is 0 Å². The van der Waals surface area contributed by atoms with Crippen molar-refractivity contribution >= 4 is 17.2 Å². The first-order valence-electron chi connectivity index (χ1n) is 4.64. The molecule has 0 saturated heterocycles. The molecule has 1 heteroatoms. The Bertz CT molecular complexity index is 346. The third-order valence-electron chi connectivity index (χ3n) is 2.72. The summed E-state index contributed by atoms with van der Waals surface area (Å²) in [7, 11) is 0. The average Bonchev–Trinajstić information content (AvgIpc) is 2.83. The van der Waals surface area contributed by atoms with Crippen molar-refractivity contribution in [3.8, 4) is 0 Å². The smallest absolute Gasteiger partial charge is 0.0406 e. The Labute approximate surface area is 84.2 Å². The van der Waals surface area contributed by atoms with Gasteiger partial charge in [0.15, 0.2) is 0 Å². The molecular formula is C12H13Cl. The maximum atomic E-state index is 5.82. The van der Waals surface area contributed by atoms with Crippen molar-refractivity contribution in [3.63, 3.8) is 0 Å². The van der Waals surface area contributed by atoms with Crippen LogP contribution < -0.4 is 0 Å². The van der Waals surface area contributed by atoms with Crippen molar-refractivity contribution < 1.29 is 0 Å². The second-order valence-corrected chi connectivity index (χ2v) is 4.20. The zero-order chi connectivity index (χ0) is 9.42. The molecule has 1 fully saturated rings. The molecule has 0 aliphatic heterocycles. The summed E-state index contributed by atoms with van der Waals surface area (Å²) in [5, 5.41) is 0.811. The molecule has 0 N–H and O–H groups in total. The van der Waals surface area contributed by atoms with Gasteiger partial charge in [-0.15, -0.1) is 0 Å². The predicted molar refractivity (Wildman–Crippen MR) is 57.8 cm³/mol. The first-order chi connectivity index (χ1) is 6.18. The van der Waals surface area contributed by atoms with E-state index in [1.165, 1.54) is 17.6 Å². The van der Waals surface area contributed by atoms with Crippen LogP contribution in [0, 0.1) is 5.92 Å². The molecular weight excluding hydrogens is 180 g/mol. The van der Waals surface area contributed by atoms with Gasteiger partial charge in [-0.2, -0.15) is 0 Å². The van der Waals surface area contributed by atoms with Gasteiger partial charge >= 0.3 is 0 Å². The first-order valence-corrected chi connectivity index (χ1v) is 5.02. The van der Waals surface area contributed by atoms with E-state index in [-0.39, 0.29) is 0 Å². The summed E-state index contributed by atoms with van der Waals surface area (Å²) in [4.78, 5) is 0. The van der Waals surface area contributed by atoms with Crippen LogP contribution in [0.2, 0.25) is 5.02 Å². The van der Waals surface area contributed by atoms with Crippen molar-refractivity contribution in [2.24, 2.45) is 5.92 Å². The molecule has 1 aliphatic rings. The van der Waals surface area contributed by atoms with Gasteiger partial charge in [-0.3, -0.25) is 0 Å². The van der Waals surface area contributed by atoms with Crippen LogP contribution in [0.4, 0.5) is 0 Å². The number of benzene rings is 1. The van der Waals surface area contributed by atoms with Gasteiger partial charge in [0.25, 0.3) is 0 Å². The molecule has 13 heavy (non-hydrogen) atoms. The van der Waals surface area contributed by atoms with Crippen LogP contribution in [-0.4, -0.2) is 0 Å². The summed E-state index contributed by atoms with van der Waals surface area (Å²) in [5.74, 6) is 0.802. The van der Waals surface area contributed by atoms with Crippen molar-refractivity contribution in [1.82, 2.24) is 0 Å². The summed E-state index contributed by atoms with van der Waals surface area (Å²) in [6.45, 7) is 4.47. The standard InChI is InChI=1S/C12H13Cl/c1-8-7-12(8)9(2)10-3-5-11(13)6-4-10/h3-6,8H,7H2,1-2H3. The monoisotopic (exact) mass is 192 g/mol. The zero-order valence-corrected chi connectivity index (χ0v) is 8.73. The molecule has 1 aromatic carbocycles. The highest BCUT2D eigenvalue weighted by molar-refractivity contribution is 6.30. The van der Waals surface area contributed by atoms with Crippen LogP contribution in [0.25, 0.3) is 5.57 Å². The van der Waals surface area contributed by atoms with E-state index < -0.39 is 0 Å². The Morgan fingerprint density at radius 3 is 2.31 bits per heavy atom. The van der Waals surface area contributed by atoms with E-state index in [1.54, 1.807) is 5.57 Å². The fourth-order valence-corrected chi connectivity index (χ4v) is 1.80. The van der Waals surface area contributed by atoms with Crippen molar-refractivity contribution in [2.45, 2.75) is 20.3 Å². The normalized spacial score (nSPS) is 24.4. The Morgan fingerprint density at radius 1 is 1.31 bits per heavy atom. The molecule has 0 radical (unpaired) electrons. The van der Waals surface area contributed by atoms with E-state index in [2.05, 4.69) is 26.0 Å². The lowest BCUT2D eigenvalue weighted by atomic mass is 10.1. The molecule has 0 bridgehead atoms. The zero-order valence-electron chi connectivity index (χ0n) is 7.97. The maximum Gasteiger partial charge on any atom is 0.0406 e. The van der Waals surface area contributed by atoms with Gasteiger partial charge in [0.05, 0.1) is 0 Å². The maximum absolute atomic E-state index is 5.82. The third kappa shape index (κ3) is 1.78. The Balaban J connectivity index is 2.32. The number of allylic oxidation sites excluding steroid dienone is 2. The van der Waals surface area contributed by atoms with Crippen LogP contribution in [0.5, 0.6) is 0 Å². The molecule has 1 saturated carbocycles. The van der Waals surface area contributed by atoms with Crippen molar-refractivity contribution in [3.05, 3.63) is 40.4 Å². The summed E-state index contributed by atoms with van der Waals surface area (Å²) >= 11 is 5.82. The van der Waals surface area contributed by atoms with Gasteiger partial charge in [0, 0.05) is 5.02 Å². The molecule has 1 aliphatic carbocycles. The minimum absolute atomic E-state index is 0.802. The van der Waals surface area contributed by atoms with E-state index in [0.717, 1.165) is 10.9 Å².